The highest BCUT2D eigenvalue weighted by atomic mass is 16.3. The maximum absolute atomic E-state index is 12.5. The monoisotopic (exact) mass is 461 g/mol. The number of aryl methyl sites for hydroxylation is 1. The molecule has 1 aliphatic carbocycles. The van der Waals surface area contributed by atoms with Crippen LogP contribution in [0.4, 0.5) is 0 Å². The molecule has 0 bridgehead atoms. The minimum atomic E-state index is -0.265. The Morgan fingerprint density at radius 2 is 1.62 bits per heavy atom. The highest BCUT2D eigenvalue weighted by molar-refractivity contribution is 5.91. The van der Waals surface area contributed by atoms with Crippen molar-refractivity contribution in [1.29, 1.82) is 0 Å². The SMILES string of the molecule is Cc1cc2c(cc1Cc1ccc(C(=O)NCCc3ccc(O)c(O)c3)o1)C(C)(C)CCC2(C)C. The molecule has 1 amide bonds. The predicted molar refractivity (Wildman–Crippen MR) is 134 cm³/mol. The number of benzene rings is 2. The molecule has 34 heavy (non-hydrogen) atoms. The molecule has 5 nitrogen and oxygen atoms in total. The minimum Gasteiger partial charge on any atom is -0.504 e. The van der Waals surface area contributed by atoms with E-state index < -0.39 is 0 Å². The molecule has 1 heterocycles. The molecule has 3 aromatic rings. The number of carbonyl (C=O) groups is 1. The molecule has 5 heteroatoms. The van der Waals surface area contributed by atoms with Gasteiger partial charge in [0.25, 0.3) is 5.91 Å². The van der Waals surface area contributed by atoms with Crippen LogP contribution in [0.5, 0.6) is 11.5 Å². The molecule has 180 valence electrons. The Bertz CT molecular complexity index is 1220. The van der Waals surface area contributed by atoms with Gasteiger partial charge in [0, 0.05) is 13.0 Å². The number of furan rings is 1. The lowest BCUT2D eigenvalue weighted by molar-refractivity contribution is 0.0925. The number of phenolic OH excluding ortho intramolecular Hbond substituents is 2. The van der Waals surface area contributed by atoms with Crippen molar-refractivity contribution in [3.05, 3.63) is 81.8 Å². The fourth-order valence-electron chi connectivity index (χ4n) is 4.87. The molecule has 1 aliphatic rings. The van der Waals surface area contributed by atoms with Crippen molar-refractivity contribution in [2.75, 3.05) is 6.54 Å². The molecule has 1 aromatic heterocycles. The van der Waals surface area contributed by atoms with E-state index in [9.17, 15) is 15.0 Å². The number of aromatic hydroxyl groups is 2. The van der Waals surface area contributed by atoms with Crippen molar-refractivity contribution in [2.45, 2.75) is 71.1 Å². The van der Waals surface area contributed by atoms with Crippen LogP contribution in [-0.2, 0) is 23.7 Å². The summed E-state index contributed by atoms with van der Waals surface area (Å²) in [5.74, 6) is 0.478. The highest BCUT2D eigenvalue weighted by Gasteiger charge is 2.37. The van der Waals surface area contributed by atoms with E-state index in [0.717, 1.165) is 11.3 Å². The average Bonchev–Trinajstić information content (AvgIpc) is 3.24. The summed E-state index contributed by atoms with van der Waals surface area (Å²) >= 11 is 0. The third-order valence-corrected chi connectivity index (χ3v) is 7.30. The predicted octanol–water partition coefficient (Wildman–Crippen LogP) is 5.91. The quantitative estimate of drug-likeness (QED) is 0.399. The second-order valence-electron chi connectivity index (χ2n) is 10.9. The Morgan fingerprint density at radius 1 is 0.941 bits per heavy atom. The van der Waals surface area contributed by atoms with Gasteiger partial charge in [0.15, 0.2) is 17.3 Å². The summed E-state index contributed by atoms with van der Waals surface area (Å²) in [4.78, 5) is 12.5. The maximum atomic E-state index is 12.5. The van der Waals surface area contributed by atoms with E-state index in [-0.39, 0.29) is 28.2 Å². The Labute approximate surface area is 201 Å². The number of rotatable bonds is 6. The standard InChI is InChI=1S/C29H35NO4/c1-18-14-22-23(29(4,5)12-11-28(22,2)3)17-20(18)16-21-7-9-26(34-21)27(33)30-13-10-19-6-8-24(31)25(32)15-19/h6-9,14-15,17,31-32H,10-13,16H2,1-5H3,(H,30,33). The Morgan fingerprint density at radius 3 is 2.29 bits per heavy atom. The van der Waals surface area contributed by atoms with Crippen LogP contribution in [0.15, 0.2) is 46.9 Å². The lowest BCUT2D eigenvalue weighted by atomic mass is 9.62. The summed E-state index contributed by atoms with van der Waals surface area (Å²) < 4.78 is 5.89. The van der Waals surface area contributed by atoms with E-state index in [1.807, 2.05) is 6.07 Å². The number of nitrogens with one attached hydrogen (secondary N) is 1. The Balaban J connectivity index is 1.43. The van der Waals surface area contributed by atoms with Gasteiger partial charge < -0.3 is 19.9 Å². The van der Waals surface area contributed by atoms with E-state index in [1.54, 1.807) is 12.1 Å². The van der Waals surface area contributed by atoms with Crippen LogP contribution in [0.1, 0.15) is 84.7 Å². The first-order valence-corrected chi connectivity index (χ1v) is 12.0. The summed E-state index contributed by atoms with van der Waals surface area (Å²) in [6, 6.07) is 12.9. The van der Waals surface area contributed by atoms with E-state index in [4.69, 9.17) is 4.42 Å². The molecule has 3 N–H and O–H groups in total. The van der Waals surface area contributed by atoms with Gasteiger partial charge in [-0.3, -0.25) is 4.79 Å². The van der Waals surface area contributed by atoms with Crippen LogP contribution < -0.4 is 5.32 Å². The minimum absolute atomic E-state index is 0.149. The van der Waals surface area contributed by atoms with Crippen LogP contribution in [-0.4, -0.2) is 22.7 Å². The van der Waals surface area contributed by atoms with Crippen molar-refractivity contribution in [3.63, 3.8) is 0 Å². The first kappa shape index (κ1) is 23.9. The molecule has 0 fully saturated rings. The number of hydrogen-bond donors (Lipinski definition) is 3. The van der Waals surface area contributed by atoms with Crippen molar-refractivity contribution >= 4 is 5.91 Å². The molecular weight excluding hydrogens is 426 g/mol. The lowest BCUT2D eigenvalue weighted by Gasteiger charge is -2.42. The third kappa shape index (κ3) is 4.84. The van der Waals surface area contributed by atoms with Crippen LogP contribution in [0.25, 0.3) is 0 Å². The molecule has 0 atom stereocenters. The van der Waals surface area contributed by atoms with E-state index in [0.29, 0.717) is 25.1 Å². The van der Waals surface area contributed by atoms with Gasteiger partial charge in [0.1, 0.15) is 5.76 Å². The Hall–Kier alpha value is -3.21. The molecular formula is C29H35NO4. The molecule has 2 aromatic carbocycles. The van der Waals surface area contributed by atoms with Crippen molar-refractivity contribution < 1.29 is 19.4 Å². The third-order valence-electron chi connectivity index (χ3n) is 7.30. The summed E-state index contributed by atoms with van der Waals surface area (Å²) in [5.41, 5.74) is 6.52. The fraction of sp³-hybridized carbons (Fsp3) is 0.414. The zero-order chi connectivity index (χ0) is 24.7. The number of fused-ring (bicyclic) bond motifs is 1. The number of carbonyl (C=O) groups excluding carboxylic acids is 1. The summed E-state index contributed by atoms with van der Waals surface area (Å²) in [7, 11) is 0. The number of phenols is 2. The number of amides is 1. The molecule has 0 spiro atoms. The highest BCUT2D eigenvalue weighted by Crippen LogP contribution is 2.46. The second-order valence-corrected chi connectivity index (χ2v) is 10.9. The lowest BCUT2D eigenvalue weighted by Crippen LogP contribution is -2.34. The van der Waals surface area contributed by atoms with Crippen molar-refractivity contribution in [3.8, 4) is 11.5 Å². The van der Waals surface area contributed by atoms with Gasteiger partial charge in [-0.15, -0.1) is 0 Å². The fourth-order valence-corrected chi connectivity index (χ4v) is 4.87. The van der Waals surface area contributed by atoms with Crippen LogP contribution >= 0.6 is 0 Å². The second kappa shape index (κ2) is 8.86. The molecule has 0 unspecified atom stereocenters. The van der Waals surface area contributed by atoms with Gasteiger partial charge >= 0.3 is 0 Å². The number of hydrogen-bond acceptors (Lipinski definition) is 4. The van der Waals surface area contributed by atoms with Gasteiger partial charge in [0.2, 0.25) is 0 Å². The zero-order valence-corrected chi connectivity index (χ0v) is 20.8. The first-order chi connectivity index (χ1) is 16.0. The maximum Gasteiger partial charge on any atom is 0.287 e. The van der Waals surface area contributed by atoms with Crippen LogP contribution in [0.2, 0.25) is 0 Å². The molecule has 4 rings (SSSR count). The van der Waals surface area contributed by atoms with Gasteiger partial charge in [-0.1, -0.05) is 45.9 Å². The molecule has 0 radical (unpaired) electrons. The van der Waals surface area contributed by atoms with Gasteiger partial charge in [-0.05, 0) is 89.1 Å². The normalized spacial score (nSPS) is 16.1. The van der Waals surface area contributed by atoms with Crippen LogP contribution in [0.3, 0.4) is 0 Å². The summed E-state index contributed by atoms with van der Waals surface area (Å²) in [6.45, 7) is 11.9. The summed E-state index contributed by atoms with van der Waals surface area (Å²) in [5, 5.41) is 21.9. The topological polar surface area (TPSA) is 82.7 Å². The van der Waals surface area contributed by atoms with Gasteiger partial charge in [0.05, 0.1) is 0 Å². The summed E-state index contributed by atoms with van der Waals surface area (Å²) in [6.07, 6.45) is 3.55. The molecule has 0 saturated heterocycles. The average molecular weight is 462 g/mol. The zero-order valence-electron chi connectivity index (χ0n) is 20.8. The molecule has 0 aliphatic heterocycles. The van der Waals surface area contributed by atoms with Crippen LogP contribution in [0, 0.1) is 6.92 Å². The van der Waals surface area contributed by atoms with Gasteiger partial charge in [-0.2, -0.15) is 0 Å². The first-order valence-electron chi connectivity index (χ1n) is 12.0. The van der Waals surface area contributed by atoms with Crippen molar-refractivity contribution in [1.82, 2.24) is 5.32 Å². The smallest absolute Gasteiger partial charge is 0.287 e. The largest absolute Gasteiger partial charge is 0.504 e. The van der Waals surface area contributed by atoms with E-state index in [2.05, 4.69) is 52.1 Å². The Kier molecular flexibility index (Phi) is 6.24. The van der Waals surface area contributed by atoms with Gasteiger partial charge in [-0.25, -0.2) is 0 Å². The van der Waals surface area contributed by atoms with E-state index >= 15 is 0 Å². The van der Waals surface area contributed by atoms with E-state index in [1.165, 1.54) is 47.2 Å². The molecule has 0 saturated carbocycles. The van der Waals surface area contributed by atoms with Crippen molar-refractivity contribution in [2.24, 2.45) is 0 Å².